The quantitative estimate of drug-likeness (QED) is 0.578. The number of carbonyl (C=O) groups excluding carboxylic acids is 1. The number of nitrogens with one attached hydrogen (secondary N) is 2. The number of hydrogen-bond donors (Lipinski definition) is 2. The van der Waals surface area contributed by atoms with Crippen molar-refractivity contribution in [2.24, 2.45) is 0 Å². The van der Waals surface area contributed by atoms with Crippen LogP contribution in [0.15, 0.2) is 58.1 Å². The van der Waals surface area contributed by atoms with Crippen molar-refractivity contribution in [3.05, 3.63) is 69.2 Å². The largest absolute Gasteiger partial charge is 0.351 e. The zero-order valence-corrected chi connectivity index (χ0v) is 17.2. The van der Waals surface area contributed by atoms with Gasteiger partial charge in [0.25, 0.3) is 10.0 Å². The predicted octanol–water partition coefficient (Wildman–Crippen LogP) is 4.03. The van der Waals surface area contributed by atoms with Crippen molar-refractivity contribution in [3.8, 4) is 0 Å². The summed E-state index contributed by atoms with van der Waals surface area (Å²) in [5.74, 6) is -0.0672. The standard InChI is InChI=1S/C19H20N2O3S3/c1-2-16-9-10-19(26-16)27(23,24)21-15-7-5-14(6-8-15)12-18(22)20-13-17-4-3-11-25-17/h3-11,21H,2,12-13H2,1H3,(H,20,22). The second kappa shape index (κ2) is 8.69. The number of carbonyl (C=O) groups is 1. The van der Waals surface area contributed by atoms with Crippen LogP contribution in [0, 0.1) is 0 Å². The normalized spacial score (nSPS) is 11.3. The number of anilines is 1. The molecule has 2 N–H and O–H groups in total. The van der Waals surface area contributed by atoms with Crippen molar-refractivity contribution < 1.29 is 13.2 Å². The van der Waals surface area contributed by atoms with Crippen molar-refractivity contribution in [2.45, 2.75) is 30.5 Å². The Morgan fingerprint density at radius 1 is 1.04 bits per heavy atom. The molecule has 1 aromatic carbocycles. The number of aryl methyl sites for hydroxylation is 1. The molecule has 0 saturated carbocycles. The summed E-state index contributed by atoms with van der Waals surface area (Å²) in [4.78, 5) is 14.2. The average Bonchev–Trinajstić information content (AvgIpc) is 3.33. The smallest absolute Gasteiger partial charge is 0.271 e. The summed E-state index contributed by atoms with van der Waals surface area (Å²) >= 11 is 2.87. The maximum atomic E-state index is 12.4. The molecule has 2 aromatic heterocycles. The molecule has 3 rings (SSSR count). The molecule has 0 atom stereocenters. The lowest BCUT2D eigenvalue weighted by molar-refractivity contribution is -0.120. The highest BCUT2D eigenvalue weighted by Gasteiger charge is 2.16. The first kappa shape index (κ1) is 19.6. The van der Waals surface area contributed by atoms with Crippen LogP contribution in [0.5, 0.6) is 0 Å². The molecule has 142 valence electrons. The topological polar surface area (TPSA) is 75.3 Å². The minimum Gasteiger partial charge on any atom is -0.351 e. The van der Waals surface area contributed by atoms with E-state index in [1.165, 1.54) is 11.3 Å². The highest BCUT2D eigenvalue weighted by molar-refractivity contribution is 7.94. The average molecular weight is 421 g/mol. The second-order valence-corrected chi connectivity index (χ2v) is 10.0. The van der Waals surface area contributed by atoms with Crippen LogP contribution in [0.3, 0.4) is 0 Å². The monoisotopic (exact) mass is 420 g/mol. The van der Waals surface area contributed by atoms with E-state index in [-0.39, 0.29) is 12.3 Å². The molecule has 27 heavy (non-hydrogen) atoms. The Hall–Kier alpha value is -2.16. The highest BCUT2D eigenvalue weighted by Crippen LogP contribution is 2.24. The van der Waals surface area contributed by atoms with Crippen LogP contribution < -0.4 is 10.0 Å². The summed E-state index contributed by atoms with van der Waals surface area (Å²) in [5.41, 5.74) is 1.30. The maximum absolute atomic E-state index is 12.4. The molecule has 3 aromatic rings. The third kappa shape index (κ3) is 5.41. The number of amides is 1. The van der Waals surface area contributed by atoms with Gasteiger partial charge in [-0.2, -0.15) is 0 Å². The van der Waals surface area contributed by atoms with E-state index >= 15 is 0 Å². The van der Waals surface area contributed by atoms with Gasteiger partial charge in [0.05, 0.1) is 13.0 Å². The molecule has 0 spiro atoms. The molecule has 2 heterocycles. The molecule has 0 bridgehead atoms. The number of sulfonamides is 1. The van der Waals surface area contributed by atoms with Crippen molar-refractivity contribution in [3.63, 3.8) is 0 Å². The van der Waals surface area contributed by atoms with Crippen LogP contribution in [0.25, 0.3) is 0 Å². The molecule has 0 saturated heterocycles. The number of rotatable bonds is 8. The molecular formula is C19H20N2O3S3. The second-order valence-electron chi connectivity index (χ2n) is 5.91. The first-order chi connectivity index (χ1) is 13.0. The third-order valence-electron chi connectivity index (χ3n) is 3.86. The first-order valence-electron chi connectivity index (χ1n) is 8.46. The SMILES string of the molecule is CCc1ccc(S(=O)(=O)Nc2ccc(CC(=O)NCc3cccs3)cc2)s1. The van der Waals surface area contributed by atoms with Crippen LogP contribution in [-0.4, -0.2) is 14.3 Å². The van der Waals surface area contributed by atoms with Gasteiger partial charge < -0.3 is 5.32 Å². The van der Waals surface area contributed by atoms with E-state index in [9.17, 15) is 13.2 Å². The van der Waals surface area contributed by atoms with E-state index < -0.39 is 10.0 Å². The molecule has 1 amide bonds. The Bertz CT molecular complexity index is 991. The van der Waals surface area contributed by atoms with Gasteiger partial charge in [0, 0.05) is 15.4 Å². The minimum atomic E-state index is -3.58. The maximum Gasteiger partial charge on any atom is 0.271 e. The molecule has 8 heteroatoms. The lowest BCUT2D eigenvalue weighted by Crippen LogP contribution is -2.24. The molecule has 0 aliphatic rings. The molecule has 0 aliphatic heterocycles. The lowest BCUT2D eigenvalue weighted by atomic mass is 10.1. The Morgan fingerprint density at radius 2 is 1.81 bits per heavy atom. The van der Waals surface area contributed by atoms with Gasteiger partial charge in [0.15, 0.2) is 0 Å². The Kier molecular flexibility index (Phi) is 6.30. The van der Waals surface area contributed by atoms with Gasteiger partial charge in [-0.05, 0) is 47.7 Å². The van der Waals surface area contributed by atoms with Crippen molar-refractivity contribution in [2.75, 3.05) is 4.72 Å². The van der Waals surface area contributed by atoms with Gasteiger partial charge in [-0.1, -0.05) is 25.1 Å². The van der Waals surface area contributed by atoms with E-state index in [0.29, 0.717) is 16.4 Å². The van der Waals surface area contributed by atoms with E-state index in [1.807, 2.05) is 30.5 Å². The highest BCUT2D eigenvalue weighted by atomic mass is 32.2. The minimum absolute atomic E-state index is 0.0672. The zero-order valence-electron chi connectivity index (χ0n) is 14.8. The summed E-state index contributed by atoms with van der Waals surface area (Å²) < 4.78 is 27.7. The summed E-state index contributed by atoms with van der Waals surface area (Å²) in [5, 5.41) is 4.85. The van der Waals surface area contributed by atoms with Crippen molar-refractivity contribution >= 4 is 44.3 Å². The lowest BCUT2D eigenvalue weighted by Gasteiger charge is -2.08. The molecule has 0 unspecified atom stereocenters. The van der Waals surface area contributed by atoms with Crippen LogP contribution in [0.2, 0.25) is 0 Å². The molecule has 0 fully saturated rings. The first-order valence-corrected chi connectivity index (χ1v) is 11.6. The van der Waals surface area contributed by atoms with Crippen LogP contribution in [0.4, 0.5) is 5.69 Å². The summed E-state index contributed by atoms with van der Waals surface area (Å²) in [7, 11) is -3.58. The van der Waals surface area contributed by atoms with E-state index in [1.54, 1.807) is 41.7 Å². The van der Waals surface area contributed by atoms with Gasteiger partial charge in [-0.15, -0.1) is 22.7 Å². The van der Waals surface area contributed by atoms with Gasteiger partial charge >= 0.3 is 0 Å². The third-order valence-corrected chi connectivity index (χ3v) is 7.84. The molecule has 0 aliphatic carbocycles. The van der Waals surface area contributed by atoms with E-state index in [0.717, 1.165) is 21.7 Å². The van der Waals surface area contributed by atoms with Crippen molar-refractivity contribution in [1.29, 1.82) is 0 Å². The van der Waals surface area contributed by atoms with Gasteiger partial charge in [0.2, 0.25) is 5.91 Å². The Labute approximate surface area is 167 Å². The molecule has 0 radical (unpaired) electrons. The summed E-state index contributed by atoms with van der Waals surface area (Å²) in [6.07, 6.45) is 1.06. The fourth-order valence-corrected chi connectivity index (χ4v) is 5.43. The Morgan fingerprint density at radius 3 is 2.44 bits per heavy atom. The zero-order chi connectivity index (χ0) is 19.3. The number of hydrogen-bond acceptors (Lipinski definition) is 5. The van der Waals surface area contributed by atoms with Gasteiger partial charge in [-0.25, -0.2) is 8.42 Å². The summed E-state index contributed by atoms with van der Waals surface area (Å²) in [6.45, 7) is 2.51. The summed E-state index contributed by atoms with van der Waals surface area (Å²) in [6, 6.07) is 14.2. The molecule has 5 nitrogen and oxygen atoms in total. The number of benzene rings is 1. The molecular weight excluding hydrogens is 400 g/mol. The van der Waals surface area contributed by atoms with Crippen LogP contribution >= 0.6 is 22.7 Å². The van der Waals surface area contributed by atoms with Crippen LogP contribution in [0.1, 0.15) is 22.2 Å². The van der Waals surface area contributed by atoms with Crippen LogP contribution in [-0.2, 0) is 34.2 Å². The van der Waals surface area contributed by atoms with E-state index in [2.05, 4.69) is 10.0 Å². The fourth-order valence-electron chi connectivity index (χ4n) is 2.44. The van der Waals surface area contributed by atoms with Gasteiger partial charge in [-0.3, -0.25) is 9.52 Å². The number of thiophene rings is 2. The van der Waals surface area contributed by atoms with Gasteiger partial charge in [0.1, 0.15) is 4.21 Å². The fraction of sp³-hybridized carbons (Fsp3) is 0.211. The predicted molar refractivity (Wildman–Crippen MR) is 111 cm³/mol. The Balaban J connectivity index is 1.57. The van der Waals surface area contributed by atoms with Crippen molar-refractivity contribution in [1.82, 2.24) is 5.32 Å². The van der Waals surface area contributed by atoms with E-state index in [4.69, 9.17) is 0 Å².